The fourth-order valence-electron chi connectivity index (χ4n) is 1.66. The molecule has 0 saturated heterocycles. The van der Waals surface area contributed by atoms with Gasteiger partial charge in [0.1, 0.15) is 0 Å². The van der Waals surface area contributed by atoms with E-state index < -0.39 is 5.97 Å². The maximum atomic E-state index is 11.8. The van der Waals surface area contributed by atoms with Crippen molar-refractivity contribution in [3.05, 3.63) is 28.8 Å². The highest BCUT2D eigenvalue weighted by atomic mass is 35.5. The van der Waals surface area contributed by atoms with Crippen molar-refractivity contribution in [3.63, 3.8) is 0 Å². The van der Waals surface area contributed by atoms with E-state index >= 15 is 0 Å². The van der Waals surface area contributed by atoms with Crippen LogP contribution in [-0.4, -0.2) is 29.4 Å². The van der Waals surface area contributed by atoms with E-state index in [0.29, 0.717) is 17.3 Å². The number of nitrogens with one attached hydrogen (secondary N) is 2. The SMILES string of the molecule is CCNC(=O)c1cc(NC(=O)CCCC(=O)O)ccc1Cl. The molecule has 114 valence electrons. The van der Waals surface area contributed by atoms with Crippen molar-refractivity contribution in [2.75, 3.05) is 11.9 Å². The van der Waals surface area contributed by atoms with Gasteiger partial charge < -0.3 is 15.7 Å². The molecule has 6 nitrogen and oxygen atoms in total. The van der Waals surface area contributed by atoms with Gasteiger partial charge in [-0.25, -0.2) is 0 Å². The molecule has 0 aliphatic heterocycles. The van der Waals surface area contributed by atoms with E-state index in [0.717, 1.165) is 0 Å². The van der Waals surface area contributed by atoms with Gasteiger partial charge in [0.05, 0.1) is 10.6 Å². The minimum Gasteiger partial charge on any atom is -0.481 e. The number of carbonyl (C=O) groups excluding carboxylic acids is 2. The van der Waals surface area contributed by atoms with Gasteiger partial charge in [0.25, 0.3) is 5.91 Å². The summed E-state index contributed by atoms with van der Waals surface area (Å²) in [6.07, 6.45) is 0.307. The third-order valence-electron chi connectivity index (χ3n) is 2.63. The molecular formula is C14H17ClN2O4. The molecule has 1 aromatic rings. The van der Waals surface area contributed by atoms with E-state index in [1.54, 1.807) is 13.0 Å². The van der Waals surface area contributed by atoms with Gasteiger partial charge in [-0.15, -0.1) is 0 Å². The number of benzene rings is 1. The van der Waals surface area contributed by atoms with Crippen molar-refractivity contribution in [2.24, 2.45) is 0 Å². The van der Waals surface area contributed by atoms with Crippen molar-refractivity contribution < 1.29 is 19.5 Å². The Morgan fingerprint density at radius 2 is 1.95 bits per heavy atom. The first-order chi connectivity index (χ1) is 9.93. The molecule has 0 aliphatic rings. The Labute approximate surface area is 127 Å². The summed E-state index contributed by atoms with van der Waals surface area (Å²) in [7, 11) is 0. The molecule has 0 fully saturated rings. The molecule has 0 unspecified atom stereocenters. The van der Waals surface area contributed by atoms with Crippen LogP contribution in [0.5, 0.6) is 0 Å². The average Bonchev–Trinajstić information content (AvgIpc) is 2.40. The second kappa shape index (κ2) is 8.26. The Bertz CT molecular complexity index is 546. The second-order valence-electron chi connectivity index (χ2n) is 4.35. The number of carbonyl (C=O) groups is 3. The van der Waals surface area contributed by atoms with E-state index in [-0.39, 0.29) is 36.6 Å². The maximum Gasteiger partial charge on any atom is 0.303 e. The molecule has 0 spiro atoms. The Morgan fingerprint density at radius 3 is 2.57 bits per heavy atom. The lowest BCUT2D eigenvalue weighted by Gasteiger charge is -2.09. The number of rotatable bonds is 7. The number of amides is 2. The number of hydrogen-bond acceptors (Lipinski definition) is 3. The highest BCUT2D eigenvalue weighted by Gasteiger charge is 2.11. The molecule has 0 bridgehead atoms. The lowest BCUT2D eigenvalue weighted by molar-refractivity contribution is -0.137. The van der Waals surface area contributed by atoms with Gasteiger partial charge in [-0.1, -0.05) is 11.6 Å². The number of halogens is 1. The molecule has 3 N–H and O–H groups in total. The van der Waals surface area contributed by atoms with E-state index in [4.69, 9.17) is 16.7 Å². The molecule has 0 aliphatic carbocycles. The smallest absolute Gasteiger partial charge is 0.303 e. The third-order valence-corrected chi connectivity index (χ3v) is 2.96. The summed E-state index contributed by atoms with van der Waals surface area (Å²) < 4.78 is 0. The highest BCUT2D eigenvalue weighted by molar-refractivity contribution is 6.34. The standard InChI is InChI=1S/C14H17ClN2O4/c1-2-16-14(21)10-8-9(6-7-11(10)15)17-12(18)4-3-5-13(19)20/h6-8H,2-5H2,1H3,(H,16,21)(H,17,18)(H,19,20). The number of carboxylic acid groups (broad SMARTS) is 1. The van der Waals surface area contributed by atoms with Gasteiger partial charge in [0.2, 0.25) is 5.91 Å². The zero-order valence-electron chi connectivity index (χ0n) is 11.6. The molecule has 0 atom stereocenters. The number of aliphatic carboxylic acids is 1. The van der Waals surface area contributed by atoms with Crippen LogP contribution in [0.15, 0.2) is 18.2 Å². The molecule has 1 rings (SSSR count). The maximum absolute atomic E-state index is 11.8. The van der Waals surface area contributed by atoms with Crippen LogP contribution in [0, 0.1) is 0 Å². The first-order valence-corrected chi connectivity index (χ1v) is 6.91. The predicted octanol–water partition coefficient (Wildman–Crippen LogP) is 2.28. The van der Waals surface area contributed by atoms with Crippen LogP contribution >= 0.6 is 11.6 Å². The lowest BCUT2D eigenvalue weighted by atomic mass is 10.1. The Kier molecular flexibility index (Phi) is 6.68. The topological polar surface area (TPSA) is 95.5 Å². The normalized spacial score (nSPS) is 10.0. The minimum absolute atomic E-state index is 0.0573. The Morgan fingerprint density at radius 1 is 1.24 bits per heavy atom. The van der Waals surface area contributed by atoms with Gasteiger partial charge in [0, 0.05) is 25.1 Å². The van der Waals surface area contributed by atoms with Crippen LogP contribution in [0.4, 0.5) is 5.69 Å². The first-order valence-electron chi connectivity index (χ1n) is 6.53. The fourth-order valence-corrected chi connectivity index (χ4v) is 1.86. The van der Waals surface area contributed by atoms with Crippen molar-refractivity contribution in [1.29, 1.82) is 0 Å². The van der Waals surface area contributed by atoms with Crippen molar-refractivity contribution in [3.8, 4) is 0 Å². The number of hydrogen-bond donors (Lipinski definition) is 3. The summed E-state index contributed by atoms with van der Waals surface area (Å²) in [5, 5.41) is 14.0. The molecule has 0 radical (unpaired) electrons. The second-order valence-corrected chi connectivity index (χ2v) is 4.76. The first kappa shape index (κ1) is 17.0. The molecule has 1 aromatic carbocycles. The molecular weight excluding hydrogens is 296 g/mol. The molecule has 0 saturated carbocycles. The summed E-state index contributed by atoms with van der Waals surface area (Å²) >= 11 is 5.94. The average molecular weight is 313 g/mol. The third kappa shape index (κ3) is 5.83. The molecule has 0 aromatic heterocycles. The Balaban J connectivity index is 2.67. The fraction of sp³-hybridized carbons (Fsp3) is 0.357. The molecule has 2 amide bonds. The van der Waals surface area contributed by atoms with Crippen molar-refractivity contribution >= 4 is 35.1 Å². The highest BCUT2D eigenvalue weighted by Crippen LogP contribution is 2.20. The van der Waals surface area contributed by atoms with Gasteiger partial charge in [-0.2, -0.15) is 0 Å². The number of anilines is 1. The summed E-state index contributed by atoms with van der Waals surface area (Å²) in [5.74, 6) is -1.56. The van der Waals surface area contributed by atoms with Crippen LogP contribution in [0.3, 0.4) is 0 Å². The van der Waals surface area contributed by atoms with Gasteiger partial charge in [-0.05, 0) is 31.5 Å². The molecule has 7 heteroatoms. The van der Waals surface area contributed by atoms with Crippen molar-refractivity contribution in [2.45, 2.75) is 26.2 Å². The van der Waals surface area contributed by atoms with Gasteiger partial charge in [-0.3, -0.25) is 14.4 Å². The molecule has 0 heterocycles. The summed E-state index contributed by atoms with van der Waals surface area (Å²) in [6.45, 7) is 2.26. The summed E-state index contributed by atoms with van der Waals surface area (Å²) in [6, 6.07) is 4.60. The van der Waals surface area contributed by atoms with Gasteiger partial charge >= 0.3 is 5.97 Å². The Hall–Kier alpha value is -2.08. The quantitative estimate of drug-likeness (QED) is 0.719. The van der Waals surface area contributed by atoms with Gasteiger partial charge in [0.15, 0.2) is 0 Å². The number of carboxylic acids is 1. The zero-order chi connectivity index (χ0) is 15.8. The largest absolute Gasteiger partial charge is 0.481 e. The molecule has 21 heavy (non-hydrogen) atoms. The monoisotopic (exact) mass is 312 g/mol. The van der Waals surface area contributed by atoms with E-state index in [1.165, 1.54) is 12.1 Å². The summed E-state index contributed by atoms with van der Waals surface area (Å²) in [4.78, 5) is 33.8. The van der Waals surface area contributed by atoms with Crippen LogP contribution < -0.4 is 10.6 Å². The van der Waals surface area contributed by atoms with E-state index in [1.807, 2.05) is 0 Å². The summed E-state index contributed by atoms with van der Waals surface area (Å²) in [5.41, 5.74) is 0.725. The van der Waals surface area contributed by atoms with E-state index in [2.05, 4.69) is 10.6 Å². The van der Waals surface area contributed by atoms with Crippen LogP contribution in [0.25, 0.3) is 0 Å². The predicted molar refractivity (Wildman–Crippen MR) is 79.6 cm³/mol. The van der Waals surface area contributed by atoms with Crippen LogP contribution in [0.1, 0.15) is 36.5 Å². The van der Waals surface area contributed by atoms with Crippen molar-refractivity contribution in [1.82, 2.24) is 5.32 Å². The van der Waals surface area contributed by atoms with Crippen LogP contribution in [-0.2, 0) is 9.59 Å². The van der Waals surface area contributed by atoms with E-state index in [9.17, 15) is 14.4 Å². The zero-order valence-corrected chi connectivity index (χ0v) is 12.4. The van der Waals surface area contributed by atoms with Crippen LogP contribution in [0.2, 0.25) is 5.02 Å². The lowest BCUT2D eigenvalue weighted by Crippen LogP contribution is -2.23. The minimum atomic E-state index is -0.937.